The fraction of sp³-hybridized carbons (Fsp3) is 0.476. The standard InChI is InChI=1S/C21H30N4O2/c1-5-13-25(14-6-2)20(26)19-15-16(3)23-21(24-19)22-12-11-17-7-9-18(27-4)10-8-17/h7-10,15H,5-6,11-14H2,1-4H3,(H,22,23,24). The quantitative estimate of drug-likeness (QED) is 0.690. The summed E-state index contributed by atoms with van der Waals surface area (Å²) in [7, 11) is 1.66. The highest BCUT2D eigenvalue weighted by atomic mass is 16.5. The fourth-order valence-corrected chi connectivity index (χ4v) is 2.88. The molecule has 0 saturated carbocycles. The van der Waals surface area contributed by atoms with Crippen molar-refractivity contribution in [1.29, 1.82) is 0 Å². The van der Waals surface area contributed by atoms with E-state index in [4.69, 9.17) is 4.74 Å². The zero-order chi connectivity index (χ0) is 19.6. The number of anilines is 1. The van der Waals surface area contributed by atoms with Gasteiger partial charge >= 0.3 is 0 Å². The van der Waals surface area contributed by atoms with Gasteiger partial charge in [0.15, 0.2) is 0 Å². The number of amides is 1. The molecule has 0 aliphatic rings. The van der Waals surface area contributed by atoms with Gasteiger partial charge in [-0.25, -0.2) is 9.97 Å². The van der Waals surface area contributed by atoms with Crippen LogP contribution in [0, 0.1) is 6.92 Å². The first-order valence-corrected chi connectivity index (χ1v) is 9.59. The molecular weight excluding hydrogens is 340 g/mol. The topological polar surface area (TPSA) is 67.4 Å². The van der Waals surface area contributed by atoms with Gasteiger partial charge in [0.2, 0.25) is 5.95 Å². The number of hydrogen-bond donors (Lipinski definition) is 1. The summed E-state index contributed by atoms with van der Waals surface area (Å²) < 4.78 is 5.17. The van der Waals surface area contributed by atoms with Gasteiger partial charge in [-0.15, -0.1) is 0 Å². The zero-order valence-electron chi connectivity index (χ0n) is 16.8. The van der Waals surface area contributed by atoms with Gasteiger partial charge in [0.25, 0.3) is 5.91 Å². The maximum Gasteiger partial charge on any atom is 0.272 e. The third kappa shape index (κ3) is 6.24. The predicted molar refractivity (Wildman–Crippen MR) is 108 cm³/mol. The molecule has 6 nitrogen and oxygen atoms in total. The second-order valence-electron chi connectivity index (χ2n) is 6.54. The molecule has 0 aliphatic carbocycles. The highest BCUT2D eigenvalue weighted by molar-refractivity contribution is 5.92. The van der Waals surface area contributed by atoms with Crippen molar-refractivity contribution in [2.24, 2.45) is 0 Å². The van der Waals surface area contributed by atoms with Crippen LogP contribution in [0.25, 0.3) is 0 Å². The molecule has 0 unspecified atom stereocenters. The fourth-order valence-electron chi connectivity index (χ4n) is 2.88. The number of ether oxygens (including phenoxy) is 1. The van der Waals surface area contributed by atoms with E-state index in [2.05, 4.69) is 29.1 Å². The van der Waals surface area contributed by atoms with Crippen LogP contribution in [0.3, 0.4) is 0 Å². The van der Waals surface area contributed by atoms with Crippen LogP contribution in [-0.2, 0) is 6.42 Å². The highest BCUT2D eigenvalue weighted by Crippen LogP contribution is 2.13. The Bertz CT molecular complexity index is 725. The molecule has 0 bridgehead atoms. The number of carbonyl (C=O) groups is 1. The Morgan fingerprint density at radius 1 is 1.11 bits per heavy atom. The molecule has 2 aromatic rings. The minimum absolute atomic E-state index is 0.0256. The molecule has 146 valence electrons. The van der Waals surface area contributed by atoms with Crippen molar-refractivity contribution in [3.8, 4) is 5.75 Å². The van der Waals surface area contributed by atoms with E-state index in [9.17, 15) is 4.79 Å². The lowest BCUT2D eigenvalue weighted by Crippen LogP contribution is -2.33. The van der Waals surface area contributed by atoms with Gasteiger partial charge in [0.1, 0.15) is 11.4 Å². The summed E-state index contributed by atoms with van der Waals surface area (Å²) in [6.07, 6.45) is 2.70. The lowest BCUT2D eigenvalue weighted by atomic mass is 10.1. The smallest absolute Gasteiger partial charge is 0.272 e. The van der Waals surface area contributed by atoms with Gasteiger partial charge in [-0.05, 0) is 49.9 Å². The molecule has 6 heteroatoms. The van der Waals surface area contributed by atoms with E-state index in [1.54, 1.807) is 13.2 Å². The van der Waals surface area contributed by atoms with E-state index < -0.39 is 0 Å². The monoisotopic (exact) mass is 370 g/mol. The number of nitrogens with one attached hydrogen (secondary N) is 1. The van der Waals surface area contributed by atoms with Crippen LogP contribution in [0.4, 0.5) is 5.95 Å². The van der Waals surface area contributed by atoms with Gasteiger partial charge in [-0.3, -0.25) is 4.79 Å². The number of aromatic nitrogens is 2. The predicted octanol–water partition coefficient (Wildman–Crippen LogP) is 3.71. The van der Waals surface area contributed by atoms with Crippen molar-refractivity contribution in [3.05, 3.63) is 47.3 Å². The van der Waals surface area contributed by atoms with Gasteiger partial charge in [0, 0.05) is 25.3 Å². The first kappa shape index (κ1) is 20.7. The summed E-state index contributed by atoms with van der Waals surface area (Å²) in [5.74, 6) is 1.32. The van der Waals surface area contributed by atoms with Crippen LogP contribution >= 0.6 is 0 Å². The van der Waals surface area contributed by atoms with Crippen LogP contribution in [-0.4, -0.2) is 47.5 Å². The molecule has 2 rings (SSSR count). The van der Waals surface area contributed by atoms with E-state index in [0.717, 1.165) is 43.8 Å². The van der Waals surface area contributed by atoms with Crippen molar-refractivity contribution in [2.75, 3.05) is 32.1 Å². The van der Waals surface area contributed by atoms with Crippen LogP contribution in [0.5, 0.6) is 5.75 Å². The van der Waals surface area contributed by atoms with Crippen LogP contribution < -0.4 is 10.1 Å². The molecule has 1 aromatic carbocycles. The van der Waals surface area contributed by atoms with Gasteiger partial charge in [-0.1, -0.05) is 26.0 Å². The summed E-state index contributed by atoms with van der Waals surface area (Å²) in [6, 6.07) is 9.74. The number of rotatable bonds is 10. The van der Waals surface area contributed by atoms with Gasteiger partial charge < -0.3 is 15.0 Å². The normalized spacial score (nSPS) is 10.5. The van der Waals surface area contributed by atoms with Gasteiger partial charge in [-0.2, -0.15) is 0 Å². The molecule has 0 atom stereocenters. The third-order valence-electron chi connectivity index (χ3n) is 4.20. The lowest BCUT2D eigenvalue weighted by molar-refractivity contribution is 0.0749. The molecule has 27 heavy (non-hydrogen) atoms. The maximum absolute atomic E-state index is 12.8. The Morgan fingerprint density at radius 3 is 2.37 bits per heavy atom. The summed E-state index contributed by atoms with van der Waals surface area (Å²) in [6.45, 7) is 8.22. The van der Waals surface area contributed by atoms with Crippen molar-refractivity contribution < 1.29 is 9.53 Å². The number of hydrogen-bond acceptors (Lipinski definition) is 5. The Morgan fingerprint density at radius 2 is 1.78 bits per heavy atom. The van der Waals surface area contributed by atoms with E-state index in [-0.39, 0.29) is 5.91 Å². The van der Waals surface area contributed by atoms with Crippen molar-refractivity contribution in [3.63, 3.8) is 0 Å². The van der Waals surface area contributed by atoms with E-state index >= 15 is 0 Å². The molecule has 0 spiro atoms. The van der Waals surface area contributed by atoms with Gasteiger partial charge in [0.05, 0.1) is 7.11 Å². The summed E-state index contributed by atoms with van der Waals surface area (Å²) in [5.41, 5.74) is 2.44. The number of benzene rings is 1. The Balaban J connectivity index is 2.01. The molecule has 1 N–H and O–H groups in total. The van der Waals surface area contributed by atoms with Crippen LogP contribution in [0.2, 0.25) is 0 Å². The number of carbonyl (C=O) groups excluding carboxylic acids is 1. The lowest BCUT2D eigenvalue weighted by Gasteiger charge is -2.21. The Labute approximate surface area is 162 Å². The molecule has 0 aliphatic heterocycles. The molecule has 0 fully saturated rings. The largest absolute Gasteiger partial charge is 0.497 e. The van der Waals surface area contributed by atoms with Crippen molar-refractivity contribution in [2.45, 2.75) is 40.0 Å². The summed E-state index contributed by atoms with van der Waals surface area (Å²) in [5, 5.41) is 3.24. The number of nitrogens with zero attached hydrogens (tertiary/aromatic N) is 3. The third-order valence-corrected chi connectivity index (χ3v) is 4.20. The van der Waals surface area contributed by atoms with Crippen LogP contribution in [0.1, 0.15) is 48.4 Å². The second kappa shape index (κ2) is 10.5. The van der Waals surface area contributed by atoms with E-state index in [1.165, 1.54) is 5.56 Å². The molecule has 0 radical (unpaired) electrons. The minimum atomic E-state index is -0.0256. The molecule has 0 saturated heterocycles. The second-order valence-corrected chi connectivity index (χ2v) is 6.54. The van der Waals surface area contributed by atoms with Crippen molar-refractivity contribution in [1.82, 2.24) is 14.9 Å². The van der Waals surface area contributed by atoms with Crippen LogP contribution in [0.15, 0.2) is 30.3 Å². The SMILES string of the molecule is CCCN(CCC)C(=O)c1cc(C)nc(NCCc2ccc(OC)cc2)n1. The molecule has 1 aromatic heterocycles. The summed E-state index contributed by atoms with van der Waals surface area (Å²) >= 11 is 0. The van der Waals surface area contributed by atoms with Crippen molar-refractivity contribution >= 4 is 11.9 Å². The van der Waals surface area contributed by atoms with E-state index in [0.29, 0.717) is 18.2 Å². The number of methoxy groups -OCH3 is 1. The Kier molecular flexibility index (Phi) is 8.04. The average molecular weight is 370 g/mol. The Hall–Kier alpha value is -2.63. The number of aryl methyl sites for hydroxylation is 1. The summed E-state index contributed by atoms with van der Waals surface area (Å²) in [4.78, 5) is 23.5. The van der Waals surface area contributed by atoms with E-state index in [1.807, 2.05) is 36.1 Å². The molecule has 1 heterocycles. The first-order chi connectivity index (χ1) is 13.1. The highest BCUT2D eigenvalue weighted by Gasteiger charge is 2.17. The molecule has 1 amide bonds. The maximum atomic E-state index is 12.8. The first-order valence-electron chi connectivity index (χ1n) is 9.59. The minimum Gasteiger partial charge on any atom is -0.497 e. The average Bonchev–Trinajstić information content (AvgIpc) is 2.67. The molecular formula is C21H30N4O2. The zero-order valence-corrected chi connectivity index (χ0v) is 16.8.